The molecule has 0 bridgehead atoms. The van der Waals surface area contributed by atoms with Crippen LogP contribution in [0, 0.1) is 0 Å². The summed E-state index contributed by atoms with van der Waals surface area (Å²) in [6.07, 6.45) is -3.82. The van der Waals surface area contributed by atoms with Gasteiger partial charge < -0.3 is 10.1 Å². The molecule has 1 amide bonds. The summed E-state index contributed by atoms with van der Waals surface area (Å²) in [7, 11) is -2.53. The Morgan fingerprint density at radius 1 is 1.17 bits per heavy atom. The van der Waals surface area contributed by atoms with Crippen molar-refractivity contribution in [1.82, 2.24) is 5.32 Å². The summed E-state index contributed by atoms with van der Waals surface area (Å²) in [4.78, 5) is 12.5. The second-order valence-electron chi connectivity index (χ2n) is 6.35. The third-order valence-corrected chi connectivity index (χ3v) is 5.27. The van der Waals surface area contributed by atoms with E-state index in [1.54, 1.807) is 31.2 Å². The van der Waals surface area contributed by atoms with Gasteiger partial charge in [-0.05, 0) is 31.2 Å². The van der Waals surface area contributed by atoms with Crippen molar-refractivity contribution in [3.8, 4) is 5.75 Å². The van der Waals surface area contributed by atoms with Gasteiger partial charge in [0.15, 0.2) is 0 Å². The van der Waals surface area contributed by atoms with E-state index in [0.717, 1.165) is 18.4 Å². The number of hydrogen-bond donors (Lipinski definition) is 1. The number of alkyl halides is 3. The first-order chi connectivity index (χ1) is 13.4. The number of benzene rings is 2. The molecule has 2 rings (SSSR count). The van der Waals surface area contributed by atoms with Crippen molar-refractivity contribution in [3.63, 3.8) is 0 Å². The molecule has 29 heavy (non-hydrogen) atoms. The van der Waals surface area contributed by atoms with Crippen molar-refractivity contribution in [2.75, 3.05) is 24.2 Å². The van der Waals surface area contributed by atoms with Gasteiger partial charge in [0.1, 0.15) is 12.3 Å². The van der Waals surface area contributed by atoms with Crippen LogP contribution in [0.1, 0.15) is 24.1 Å². The first-order valence-corrected chi connectivity index (χ1v) is 10.4. The largest absolute Gasteiger partial charge is 0.496 e. The number of hydrogen-bond acceptors (Lipinski definition) is 4. The Hall–Kier alpha value is -2.75. The Labute approximate surface area is 167 Å². The fourth-order valence-corrected chi connectivity index (χ4v) is 3.61. The Kier molecular flexibility index (Phi) is 6.78. The normalized spacial score (nSPS) is 12.9. The summed E-state index contributed by atoms with van der Waals surface area (Å²) in [5.41, 5.74) is -0.581. The quantitative estimate of drug-likeness (QED) is 0.731. The molecule has 0 aromatic heterocycles. The Morgan fingerprint density at radius 3 is 2.41 bits per heavy atom. The van der Waals surface area contributed by atoms with Crippen LogP contribution in [0.4, 0.5) is 18.9 Å². The minimum Gasteiger partial charge on any atom is -0.496 e. The highest BCUT2D eigenvalue weighted by Crippen LogP contribution is 2.32. The molecule has 2 aromatic rings. The molecule has 0 spiro atoms. The van der Waals surface area contributed by atoms with Gasteiger partial charge in [-0.1, -0.05) is 24.3 Å². The zero-order chi connectivity index (χ0) is 21.8. The van der Waals surface area contributed by atoms with E-state index in [1.165, 1.54) is 13.2 Å². The van der Waals surface area contributed by atoms with Crippen LogP contribution in [-0.4, -0.2) is 34.2 Å². The van der Waals surface area contributed by atoms with Crippen LogP contribution >= 0.6 is 0 Å². The van der Waals surface area contributed by atoms with Gasteiger partial charge in [-0.15, -0.1) is 0 Å². The zero-order valence-electron chi connectivity index (χ0n) is 16.0. The van der Waals surface area contributed by atoms with Crippen LogP contribution in [0.25, 0.3) is 0 Å². The first kappa shape index (κ1) is 22.5. The molecule has 0 radical (unpaired) electrons. The topological polar surface area (TPSA) is 75.7 Å². The molecule has 10 heteroatoms. The van der Waals surface area contributed by atoms with Crippen molar-refractivity contribution >= 4 is 21.6 Å². The zero-order valence-corrected chi connectivity index (χ0v) is 16.8. The maximum absolute atomic E-state index is 13.0. The smallest absolute Gasteiger partial charge is 0.416 e. The maximum Gasteiger partial charge on any atom is 0.416 e. The van der Waals surface area contributed by atoms with Crippen molar-refractivity contribution < 1.29 is 31.1 Å². The SMILES string of the molecule is COc1ccccc1C(C)NC(=O)CN(c1cccc(C(F)(F)F)c1)S(C)(=O)=O. The molecular weight excluding hydrogens is 409 g/mol. The van der Waals surface area contributed by atoms with Crippen LogP contribution in [0.3, 0.4) is 0 Å². The number of halogens is 3. The lowest BCUT2D eigenvalue weighted by Crippen LogP contribution is -2.41. The number of nitrogens with zero attached hydrogens (tertiary/aromatic N) is 1. The fraction of sp³-hybridized carbons (Fsp3) is 0.316. The molecule has 1 N–H and O–H groups in total. The molecular formula is C19H21F3N2O4S. The second kappa shape index (κ2) is 8.73. The number of carbonyl (C=O) groups excluding carboxylic acids is 1. The van der Waals surface area contributed by atoms with Gasteiger partial charge in [-0.3, -0.25) is 9.10 Å². The second-order valence-corrected chi connectivity index (χ2v) is 8.26. The number of para-hydroxylation sites is 1. The lowest BCUT2D eigenvalue weighted by Gasteiger charge is -2.24. The third-order valence-electron chi connectivity index (χ3n) is 4.13. The number of carbonyl (C=O) groups is 1. The molecule has 158 valence electrons. The summed E-state index contributed by atoms with van der Waals surface area (Å²) in [6.45, 7) is 1.02. The summed E-state index contributed by atoms with van der Waals surface area (Å²) in [5, 5.41) is 2.64. The molecule has 0 fully saturated rings. The minimum absolute atomic E-state index is 0.248. The number of nitrogens with one attached hydrogen (secondary N) is 1. The highest BCUT2D eigenvalue weighted by molar-refractivity contribution is 7.92. The standard InChI is InChI=1S/C19H21F3N2O4S/c1-13(16-9-4-5-10-17(16)28-2)23-18(25)12-24(29(3,26)27)15-8-6-7-14(11-15)19(20,21)22/h4-11,13H,12H2,1-3H3,(H,23,25). The molecule has 2 aromatic carbocycles. The van der Waals surface area contributed by atoms with E-state index in [1.807, 2.05) is 0 Å². The molecule has 0 aliphatic rings. The summed E-state index contributed by atoms with van der Waals surface area (Å²) in [6, 6.07) is 10.3. The first-order valence-electron chi connectivity index (χ1n) is 8.50. The van der Waals surface area contributed by atoms with E-state index in [0.29, 0.717) is 21.7 Å². The average Bonchev–Trinajstić information content (AvgIpc) is 2.64. The summed E-state index contributed by atoms with van der Waals surface area (Å²) >= 11 is 0. The van der Waals surface area contributed by atoms with E-state index < -0.39 is 40.3 Å². The highest BCUT2D eigenvalue weighted by Gasteiger charge is 2.32. The van der Waals surface area contributed by atoms with Crippen LogP contribution < -0.4 is 14.4 Å². The van der Waals surface area contributed by atoms with Crippen LogP contribution in [0.15, 0.2) is 48.5 Å². The fourth-order valence-electron chi connectivity index (χ4n) is 2.76. The van der Waals surface area contributed by atoms with Crippen molar-refractivity contribution in [2.24, 2.45) is 0 Å². The Balaban J connectivity index is 2.24. The lowest BCUT2D eigenvalue weighted by molar-refractivity contribution is -0.137. The number of sulfonamides is 1. The number of ether oxygens (including phenoxy) is 1. The number of anilines is 1. The molecule has 1 unspecified atom stereocenters. The minimum atomic E-state index is -4.64. The number of methoxy groups -OCH3 is 1. The van der Waals surface area contributed by atoms with Gasteiger partial charge >= 0.3 is 6.18 Å². The van der Waals surface area contributed by atoms with E-state index in [4.69, 9.17) is 4.74 Å². The average molecular weight is 430 g/mol. The van der Waals surface area contributed by atoms with Gasteiger partial charge in [-0.25, -0.2) is 8.42 Å². The Bertz CT molecular complexity index is 977. The van der Waals surface area contributed by atoms with Crippen molar-refractivity contribution in [3.05, 3.63) is 59.7 Å². The van der Waals surface area contributed by atoms with Gasteiger partial charge in [-0.2, -0.15) is 13.2 Å². The molecule has 0 aliphatic carbocycles. The molecule has 0 saturated heterocycles. The predicted octanol–water partition coefficient (Wildman–Crippen LogP) is 3.36. The molecule has 0 heterocycles. The third kappa shape index (κ3) is 5.86. The van der Waals surface area contributed by atoms with E-state index in [2.05, 4.69) is 5.32 Å². The summed E-state index contributed by atoms with van der Waals surface area (Å²) < 4.78 is 69.0. The van der Waals surface area contributed by atoms with Gasteiger partial charge in [0, 0.05) is 5.56 Å². The van der Waals surface area contributed by atoms with Gasteiger partial charge in [0.25, 0.3) is 0 Å². The van der Waals surface area contributed by atoms with Crippen molar-refractivity contribution in [2.45, 2.75) is 19.1 Å². The van der Waals surface area contributed by atoms with Crippen LogP contribution in [-0.2, 0) is 21.0 Å². The number of rotatable bonds is 7. The maximum atomic E-state index is 13.0. The monoisotopic (exact) mass is 430 g/mol. The molecule has 0 saturated carbocycles. The van der Waals surface area contributed by atoms with E-state index in [9.17, 15) is 26.4 Å². The van der Waals surface area contributed by atoms with E-state index >= 15 is 0 Å². The molecule has 0 aliphatic heterocycles. The van der Waals surface area contributed by atoms with Gasteiger partial charge in [0.2, 0.25) is 15.9 Å². The number of amides is 1. The highest BCUT2D eigenvalue weighted by atomic mass is 32.2. The van der Waals surface area contributed by atoms with Crippen LogP contribution in [0.5, 0.6) is 5.75 Å². The van der Waals surface area contributed by atoms with Crippen molar-refractivity contribution in [1.29, 1.82) is 0 Å². The van der Waals surface area contributed by atoms with Crippen LogP contribution in [0.2, 0.25) is 0 Å². The van der Waals surface area contributed by atoms with Gasteiger partial charge in [0.05, 0.1) is 30.7 Å². The summed E-state index contributed by atoms with van der Waals surface area (Å²) in [5.74, 6) is -0.135. The lowest BCUT2D eigenvalue weighted by atomic mass is 10.1. The van der Waals surface area contributed by atoms with E-state index in [-0.39, 0.29) is 5.69 Å². The Morgan fingerprint density at radius 2 is 1.83 bits per heavy atom. The molecule has 6 nitrogen and oxygen atoms in total. The predicted molar refractivity (Wildman–Crippen MR) is 103 cm³/mol. The molecule has 1 atom stereocenters.